The lowest BCUT2D eigenvalue weighted by Gasteiger charge is -2.05. The van der Waals surface area contributed by atoms with Crippen molar-refractivity contribution in [1.82, 2.24) is 10.6 Å². The molecule has 0 heterocycles. The lowest BCUT2D eigenvalue weighted by molar-refractivity contribution is -0.123. The van der Waals surface area contributed by atoms with Gasteiger partial charge in [0.1, 0.15) is 6.61 Å². The van der Waals surface area contributed by atoms with E-state index in [0.29, 0.717) is 19.2 Å². The minimum absolute atomic E-state index is 0.00685. The summed E-state index contributed by atoms with van der Waals surface area (Å²) >= 11 is 0. The van der Waals surface area contributed by atoms with Gasteiger partial charge in [-0.1, -0.05) is 0 Å². The van der Waals surface area contributed by atoms with Crippen molar-refractivity contribution in [3.05, 3.63) is 0 Å². The van der Waals surface area contributed by atoms with Crippen LogP contribution in [0, 0.1) is 0 Å². The summed E-state index contributed by atoms with van der Waals surface area (Å²) in [5.74, 6) is -0.478. The maximum atomic E-state index is 11.1. The second kappa shape index (κ2) is 6.36. The predicted molar refractivity (Wildman–Crippen MR) is 54.0 cm³/mol. The Labute approximate surface area is 88.5 Å². The highest BCUT2D eigenvalue weighted by atomic mass is 16.5. The van der Waals surface area contributed by atoms with E-state index in [-0.39, 0.29) is 19.1 Å². The number of ether oxygens (including phenoxy) is 1. The fourth-order valence-electron chi connectivity index (χ4n) is 1.03. The van der Waals surface area contributed by atoms with E-state index in [0.717, 1.165) is 12.8 Å². The Balaban J connectivity index is 1.83. The summed E-state index contributed by atoms with van der Waals surface area (Å²) in [6.07, 6.45) is 2.18. The Morgan fingerprint density at radius 1 is 1.40 bits per heavy atom. The number of hydrogen-bond donors (Lipinski definition) is 3. The Morgan fingerprint density at radius 3 is 2.73 bits per heavy atom. The minimum Gasteiger partial charge on any atom is -0.370 e. The highest BCUT2D eigenvalue weighted by molar-refractivity contribution is 5.78. The van der Waals surface area contributed by atoms with Crippen molar-refractivity contribution in [1.29, 1.82) is 0 Å². The molecule has 4 N–H and O–H groups in total. The third-order valence-electron chi connectivity index (χ3n) is 1.90. The van der Waals surface area contributed by atoms with Gasteiger partial charge in [-0.2, -0.15) is 0 Å². The predicted octanol–water partition coefficient (Wildman–Crippen LogP) is -1.64. The van der Waals surface area contributed by atoms with Crippen molar-refractivity contribution in [3.63, 3.8) is 0 Å². The highest BCUT2D eigenvalue weighted by Crippen LogP contribution is 2.17. The molecule has 0 bridgehead atoms. The SMILES string of the molecule is NC(=O)COCCNCC(=O)NC1CC1. The van der Waals surface area contributed by atoms with Crippen molar-refractivity contribution in [2.24, 2.45) is 5.73 Å². The second-order valence-corrected chi connectivity index (χ2v) is 3.54. The molecule has 86 valence electrons. The molecule has 1 aliphatic rings. The zero-order valence-corrected chi connectivity index (χ0v) is 8.62. The molecule has 0 aromatic carbocycles. The maximum Gasteiger partial charge on any atom is 0.243 e. The van der Waals surface area contributed by atoms with Crippen LogP contribution >= 0.6 is 0 Å². The van der Waals surface area contributed by atoms with Crippen LogP contribution in [0.2, 0.25) is 0 Å². The zero-order valence-electron chi connectivity index (χ0n) is 8.62. The van der Waals surface area contributed by atoms with Gasteiger partial charge in [0.2, 0.25) is 11.8 Å². The Morgan fingerprint density at radius 2 is 2.13 bits per heavy atom. The summed E-state index contributed by atoms with van der Waals surface area (Å²) in [5.41, 5.74) is 4.87. The maximum absolute atomic E-state index is 11.1. The van der Waals surface area contributed by atoms with Crippen LogP contribution in [0.4, 0.5) is 0 Å². The highest BCUT2D eigenvalue weighted by Gasteiger charge is 2.22. The smallest absolute Gasteiger partial charge is 0.243 e. The molecule has 0 unspecified atom stereocenters. The number of rotatable bonds is 8. The van der Waals surface area contributed by atoms with E-state index in [1.54, 1.807) is 0 Å². The topological polar surface area (TPSA) is 93.5 Å². The van der Waals surface area contributed by atoms with Gasteiger partial charge < -0.3 is 21.1 Å². The molecular weight excluding hydrogens is 198 g/mol. The molecule has 0 atom stereocenters. The third-order valence-corrected chi connectivity index (χ3v) is 1.90. The van der Waals surface area contributed by atoms with Crippen LogP contribution in [-0.2, 0) is 14.3 Å². The zero-order chi connectivity index (χ0) is 11.1. The molecule has 0 aromatic rings. The number of carbonyl (C=O) groups is 2. The van der Waals surface area contributed by atoms with Crippen LogP contribution in [0.3, 0.4) is 0 Å². The van der Waals surface area contributed by atoms with Gasteiger partial charge >= 0.3 is 0 Å². The van der Waals surface area contributed by atoms with Gasteiger partial charge in [0.25, 0.3) is 0 Å². The van der Waals surface area contributed by atoms with E-state index in [1.165, 1.54) is 0 Å². The molecule has 0 aliphatic heterocycles. The number of hydrogen-bond acceptors (Lipinski definition) is 4. The van der Waals surface area contributed by atoms with E-state index in [1.807, 2.05) is 0 Å². The Bertz CT molecular complexity index is 229. The molecule has 0 spiro atoms. The molecule has 2 amide bonds. The van der Waals surface area contributed by atoms with Crippen molar-refractivity contribution >= 4 is 11.8 Å². The fraction of sp³-hybridized carbons (Fsp3) is 0.778. The molecule has 0 radical (unpaired) electrons. The van der Waals surface area contributed by atoms with E-state index < -0.39 is 5.91 Å². The Hall–Kier alpha value is -1.14. The average molecular weight is 215 g/mol. The van der Waals surface area contributed by atoms with Gasteiger partial charge in [0, 0.05) is 12.6 Å². The summed E-state index contributed by atoms with van der Waals surface area (Å²) in [5, 5.41) is 5.75. The monoisotopic (exact) mass is 215 g/mol. The van der Waals surface area contributed by atoms with Crippen molar-refractivity contribution < 1.29 is 14.3 Å². The molecule has 0 saturated heterocycles. The van der Waals surface area contributed by atoms with Gasteiger partial charge in [-0.15, -0.1) is 0 Å². The van der Waals surface area contributed by atoms with Crippen LogP contribution in [-0.4, -0.2) is 44.2 Å². The third kappa shape index (κ3) is 6.87. The van der Waals surface area contributed by atoms with E-state index in [4.69, 9.17) is 10.5 Å². The number of nitrogens with two attached hydrogens (primary N) is 1. The van der Waals surface area contributed by atoms with Crippen molar-refractivity contribution in [2.45, 2.75) is 18.9 Å². The van der Waals surface area contributed by atoms with E-state index in [2.05, 4.69) is 10.6 Å². The van der Waals surface area contributed by atoms with Crippen LogP contribution in [0.15, 0.2) is 0 Å². The second-order valence-electron chi connectivity index (χ2n) is 3.54. The molecule has 6 heteroatoms. The Kier molecular flexibility index (Phi) is 5.06. The molecular formula is C9H17N3O3. The summed E-state index contributed by atoms with van der Waals surface area (Å²) in [4.78, 5) is 21.4. The molecule has 1 rings (SSSR count). The summed E-state index contributed by atoms with van der Waals surface area (Å²) in [7, 11) is 0. The number of primary amides is 1. The van der Waals surface area contributed by atoms with Gasteiger partial charge in [-0.3, -0.25) is 9.59 Å². The van der Waals surface area contributed by atoms with Gasteiger partial charge in [-0.05, 0) is 12.8 Å². The van der Waals surface area contributed by atoms with Crippen LogP contribution < -0.4 is 16.4 Å². The summed E-state index contributed by atoms with van der Waals surface area (Å²) < 4.78 is 4.90. The number of nitrogens with one attached hydrogen (secondary N) is 2. The first-order chi connectivity index (χ1) is 7.18. The first-order valence-electron chi connectivity index (χ1n) is 5.04. The number of carbonyl (C=O) groups excluding carboxylic acids is 2. The number of amides is 2. The van der Waals surface area contributed by atoms with Crippen molar-refractivity contribution in [3.8, 4) is 0 Å². The summed E-state index contributed by atoms with van der Waals surface area (Å²) in [6, 6.07) is 0.394. The van der Waals surface area contributed by atoms with E-state index in [9.17, 15) is 9.59 Å². The van der Waals surface area contributed by atoms with Crippen LogP contribution in [0.25, 0.3) is 0 Å². The first kappa shape index (κ1) is 11.9. The standard InChI is InChI=1S/C9H17N3O3/c10-8(13)6-15-4-3-11-5-9(14)12-7-1-2-7/h7,11H,1-6H2,(H2,10,13)(H,12,14). The normalized spacial score (nSPS) is 14.9. The van der Waals surface area contributed by atoms with Crippen LogP contribution in [0.5, 0.6) is 0 Å². The van der Waals surface area contributed by atoms with Gasteiger partial charge in [0.15, 0.2) is 0 Å². The summed E-state index contributed by atoms with van der Waals surface area (Å²) in [6.45, 7) is 1.12. The van der Waals surface area contributed by atoms with Gasteiger partial charge in [-0.25, -0.2) is 0 Å². The average Bonchev–Trinajstić information content (AvgIpc) is 2.94. The first-order valence-corrected chi connectivity index (χ1v) is 5.04. The van der Waals surface area contributed by atoms with Crippen molar-refractivity contribution in [2.75, 3.05) is 26.3 Å². The molecule has 15 heavy (non-hydrogen) atoms. The lowest BCUT2D eigenvalue weighted by atomic mass is 10.5. The van der Waals surface area contributed by atoms with E-state index >= 15 is 0 Å². The molecule has 1 aliphatic carbocycles. The van der Waals surface area contributed by atoms with Crippen LogP contribution in [0.1, 0.15) is 12.8 Å². The molecule has 1 fully saturated rings. The van der Waals surface area contributed by atoms with Gasteiger partial charge in [0.05, 0.1) is 13.2 Å². The molecule has 0 aromatic heterocycles. The fourth-order valence-corrected chi connectivity index (χ4v) is 1.03. The lowest BCUT2D eigenvalue weighted by Crippen LogP contribution is -2.36. The quantitative estimate of drug-likeness (QED) is 0.423. The minimum atomic E-state index is -0.485. The largest absolute Gasteiger partial charge is 0.370 e. The molecule has 1 saturated carbocycles. The molecule has 6 nitrogen and oxygen atoms in total.